The molecule has 2 aromatic carbocycles. The normalized spacial score (nSPS) is 10.3. The van der Waals surface area contributed by atoms with Gasteiger partial charge in [-0.3, -0.25) is 4.79 Å². The molecule has 0 bridgehead atoms. The second kappa shape index (κ2) is 6.17. The summed E-state index contributed by atoms with van der Waals surface area (Å²) in [6, 6.07) is 11.5. The number of hydrogen-bond acceptors (Lipinski definition) is 1. The predicted molar refractivity (Wildman–Crippen MR) is 78.1 cm³/mol. The Morgan fingerprint density at radius 1 is 1.26 bits per heavy atom. The van der Waals surface area contributed by atoms with Gasteiger partial charge in [0, 0.05) is 11.6 Å². The van der Waals surface area contributed by atoms with Gasteiger partial charge in [0.05, 0.1) is 10.0 Å². The van der Waals surface area contributed by atoms with Crippen LogP contribution in [0.1, 0.15) is 15.9 Å². The minimum atomic E-state index is -0.470. The molecule has 0 saturated heterocycles. The summed E-state index contributed by atoms with van der Waals surface area (Å²) in [4.78, 5) is 12.0. The van der Waals surface area contributed by atoms with Crippen molar-refractivity contribution in [1.82, 2.24) is 0 Å². The fourth-order valence-corrected chi connectivity index (χ4v) is 2.22. The van der Waals surface area contributed by atoms with Crippen LogP contribution in [0.2, 0.25) is 0 Å². The monoisotopic (exact) mass is 341 g/mol. The Labute approximate surface area is 123 Å². The second-order valence-corrected chi connectivity index (χ2v) is 4.95. The minimum absolute atomic E-state index is 0.154. The third-order valence-corrected chi connectivity index (χ3v) is 3.65. The fraction of sp³-hybridized carbons (Fsp3) is 0.0714. The van der Waals surface area contributed by atoms with Crippen molar-refractivity contribution < 1.29 is 9.18 Å². The number of halogens is 3. The first-order chi connectivity index (χ1) is 9.11. The lowest BCUT2D eigenvalue weighted by atomic mass is 10.2. The Morgan fingerprint density at radius 3 is 2.74 bits per heavy atom. The molecule has 2 rings (SSSR count). The van der Waals surface area contributed by atoms with Crippen molar-refractivity contribution in [1.29, 1.82) is 0 Å². The molecule has 98 valence electrons. The Balaban J connectivity index is 2.23. The van der Waals surface area contributed by atoms with Crippen molar-refractivity contribution in [3.63, 3.8) is 0 Å². The van der Waals surface area contributed by atoms with Crippen LogP contribution in [0.5, 0.6) is 0 Å². The first-order valence-corrected chi connectivity index (χ1v) is 6.85. The Morgan fingerprint density at radius 2 is 2.00 bits per heavy atom. The zero-order valence-corrected chi connectivity index (χ0v) is 12.1. The Hall–Kier alpha value is -1.39. The highest BCUT2D eigenvalue weighted by molar-refractivity contribution is 9.10. The van der Waals surface area contributed by atoms with Crippen LogP contribution in [0.4, 0.5) is 10.1 Å². The molecule has 0 aromatic heterocycles. The molecule has 0 aliphatic heterocycles. The van der Waals surface area contributed by atoms with E-state index in [1.54, 1.807) is 24.3 Å². The van der Waals surface area contributed by atoms with Gasteiger partial charge in [-0.1, -0.05) is 18.2 Å². The third-order valence-electron chi connectivity index (χ3n) is 2.54. The largest absolute Gasteiger partial charge is 0.322 e. The average Bonchev–Trinajstić information content (AvgIpc) is 2.42. The van der Waals surface area contributed by atoms with Gasteiger partial charge in [-0.15, -0.1) is 11.6 Å². The standard InChI is InChI=1S/C14H10BrClFNO/c15-13-11(5-2-6-12(13)17)14(19)18-10-4-1-3-9(7-10)8-16/h1-7H,8H2,(H,18,19). The topological polar surface area (TPSA) is 29.1 Å². The van der Waals surface area contributed by atoms with Crippen LogP contribution < -0.4 is 5.32 Å². The predicted octanol–water partition coefficient (Wildman–Crippen LogP) is 4.58. The highest BCUT2D eigenvalue weighted by Gasteiger charge is 2.13. The van der Waals surface area contributed by atoms with Crippen molar-refractivity contribution in [2.75, 3.05) is 5.32 Å². The van der Waals surface area contributed by atoms with Crippen molar-refractivity contribution in [3.05, 3.63) is 63.9 Å². The highest BCUT2D eigenvalue weighted by Crippen LogP contribution is 2.22. The summed E-state index contributed by atoms with van der Waals surface area (Å²) < 4.78 is 13.5. The summed E-state index contributed by atoms with van der Waals surface area (Å²) >= 11 is 8.79. The number of hydrogen-bond donors (Lipinski definition) is 1. The van der Waals surface area contributed by atoms with Crippen LogP contribution in [0.15, 0.2) is 46.9 Å². The van der Waals surface area contributed by atoms with Crippen LogP contribution >= 0.6 is 27.5 Å². The Bertz CT molecular complexity index is 618. The van der Waals surface area contributed by atoms with E-state index in [1.165, 1.54) is 12.1 Å². The molecule has 0 radical (unpaired) electrons. The third kappa shape index (κ3) is 3.33. The number of rotatable bonds is 3. The van der Waals surface area contributed by atoms with E-state index in [0.717, 1.165) is 5.56 Å². The quantitative estimate of drug-likeness (QED) is 0.813. The lowest BCUT2D eigenvalue weighted by Crippen LogP contribution is -2.13. The molecule has 0 atom stereocenters. The molecule has 0 fully saturated rings. The molecule has 0 saturated carbocycles. The summed E-state index contributed by atoms with van der Waals surface area (Å²) in [6.45, 7) is 0. The zero-order chi connectivity index (χ0) is 13.8. The van der Waals surface area contributed by atoms with Crippen LogP contribution in [0.3, 0.4) is 0 Å². The van der Waals surface area contributed by atoms with Gasteiger partial charge in [-0.25, -0.2) is 4.39 Å². The lowest BCUT2D eigenvalue weighted by molar-refractivity contribution is 0.102. The van der Waals surface area contributed by atoms with Crippen LogP contribution in [-0.4, -0.2) is 5.91 Å². The molecule has 0 unspecified atom stereocenters. The van der Waals surface area contributed by atoms with Gasteiger partial charge in [0.15, 0.2) is 0 Å². The molecule has 2 aromatic rings. The van der Waals surface area contributed by atoms with Gasteiger partial charge in [0.2, 0.25) is 0 Å². The number of amides is 1. The molecule has 2 nitrogen and oxygen atoms in total. The first kappa shape index (κ1) is 14.0. The molecular formula is C14H10BrClFNO. The summed E-state index contributed by atoms with van der Waals surface area (Å²) in [6.07, 6.45) is 0. The number of carbonyl (C=O) groups is 1. The van der Waals surface area contributed by atoms with E-state index in [-0.39, 0.29) is 15.9 Å². The molecule has 5 heteroatoms. The Kier molecular flexibility index (Phi) is 4.56. The molecule has 19 heavy (non-hydrogen) atoms. The van der Waals surface area contributed by atoms with E-state index in [1.807, 2.05) is 6.07 Å². The first-order valence-electron chi connectivity index (χ1n) is 5.52. The second-order valence-electron chi connectivity index (χ2n) is 3.89. The van der Waals surface area contributed by atoms with Gasteiger partial charge in [-0.05, 0) is 45.8 Å². The van der Waals surface area contributed by atoms with E-state index in [2.05, 4.69) is 21.2 Å². The van der Waals surface area contributed by atoms with Crippen LogP contribution in [0.25, 0.3) is 0 Å². The maximum absolute atomic E-state index is 13.4. The van der Waals surface area contributed by atoms with Crippen molar-refractivity contribution in [3.8, 4) is 0 Å². The van der Waals surface area contributed by atoms with Crippen molar-refractivity contribution in [2.24, 2.45) is 0 Å². The van der Waals surface area contributed by atoms with E-state index in [4.69, 9.17) is 11.6 Å². The fourth-order valence-electron chi connectivity index (χ4n) is 1.61. The zero-order valence-electron chi connectivity index (χ0n) is 9.79. The number of carbonyl (C=O) groups excluding carboxylic acids is 1. The van der Waals surface area contributed by atoms with Crippen molar-refractivity contribution in [2.45, 2.75) is 5.88 Å². The molecule has 0 spiro atoms. The van der Waals surface area contributed by atoms with Gasteiger partial charge < -0.3 is 5.32 Å². The molecule has 0 heterocycles. The highest BCUT2D eigenvalue weighted by atomic mass is 79.9. The molecule has 1 N–H and O–H groups in total. The van der Waals surface area contributed by atoms with E-state index in [0.29, 0.717) is 11.6 Å². The summed E-state index contributed by atoms with van der Waals surface area (Å²) in [5.41, 5.74) is 1.77. The molecular weight excluding hydrogens is 333 g/mol. The smallest absolute Gasteiger partial charge is 0.256 e. The molecule has 0 aliphatic rings. The molecule has 1 amide bonds. The maximum atomic E-state index is 13.4. The number of alkyl halides is 1. The number of anilines is 1. The summed E-state index contributed by atoms with van der Waals surface area (Å²) in [5, 5.41) is 2.71. The minimum Gasteiger partial charge on any atom is -0.322 e. The summed E-state index contributed by atoms with van der Waals surface area (Å²) in [5.74, 6) is -0.479. The van der Waals surface area contributed by atoms with Crippen LogP contribution in [0, 0.1) is 5.82 Å². The van der Waals surface area contributed by atoms with Gasteiger partial charge in [0.25, 0.3) is 5.91 Å². The lowest BCUT2D eigenvalue weighted by Gasteiger charge is -2.08. The van der Waals surface area contributed by atoms with Gasteiger partial charge in [0.1, 0.15) is 5.82 Å². The number of nitrogens with one attached hydrogen (secondary N) is 1. The summed E-state index contributed by atoms with van der Waals surface area (Å²) in [7, 11) is 0. The maximum Gasteiger partial charge on any atom is 0.256 e. The van der Waals surface area contributed by atoms with E-state index in [9.17, 15) is 9.18 Å². The number of benzene rings is 2. The van der Waals surface area contributed by atoms with Gasteiger partial charge in [-0.2, -0.15) is 0 Å². The van der Waals surface area contributed by atoms with E-state index < -0.39 is 5.82 Å². The van der Waals surface area contributed by atoms with Crippen LogP contribution in [-0.2, 0) is 5.88 Å². The van der Waals surface area contributed by atoms with Gasteiger partial charge >= 0.3 is 0 Å². The molecule has 0 aliphatic carbocycles. The van der Waals surface area contributed by atoms with E-state index >= 15 is 0 Å². The van der Waals surface area contributed by atoms with Crippen molar-refractivity contribution >= 4 is 39.1 Å². The average molecular weight is 343 g/mol. The SMILES string of the molecule is O=C(Nc1cccc(CCl)c1)c1cccc(F)c1Br.